The van der Waals surface area contributed by atoms with Gasteiger partial charge in [-0.2, -0.15) is 10.5 Å². The van der Waals surface area contributed by atoms with Crippen LogP contribution in [0.1, 0.15) is 33.6 Å². The van der Waals surface area contributed by atoms with Gasteiger partial charge in [0, 0.05) is 12.0 Å². The number of ether oxygens (including phenoxy) is 2. The zero-order valence-corrected chi connectivity index (χ0v) is 23.3. The van der Waals surface area contributed by atoms with Crippen LogP contribution in [0.25, 0.3) is 11.4 Å². The van der Waals surface area contributed by atoms with Crippen LogP contribution in [0.3, 0.4) is 0 Å². The zero-order valence-electron chi connectivity index (χ0n) is 23.3. The maximum atomic E-state index is 9.13. The first-order chi connectivity index (χ1) is 20.5. The molecule has 1 aliphatic rings. The molecule has 0 saturated carbocycles. The molecule has 3 heterocycles. The fourth-order valence-electron chi connectivity index (χ4n) is 5.53. The Morgan fingerprint density at radius 3 is 1.67 bits per heavy atom. The van der Waals surface area contributed by atoms with E-state index in [4.69, 9.17) is 20.0 Å². The second kappa shape index (κ2) is 11.2. The van der Waals surface area contributed by atoms with E-state index < -0.39 is 0 Å². The summed E-state index contributed by atoms with van der Waals surface area (Å²) in [6.07, 6.45) is 4.74. The molecule has 0 bridgehead atoms. The SMILES string of the molecule is COc1cc2c(cc1OC)C[N+](Cc1cn(-c3ccc(C#N)cc3)nn1)(Cc1cn(-c3ccc(C#N)cc3)nn1)CC2. The van der Waals surface area contributed by atoms with Gasteiger partial charge < -0.3 is 14.0 Å². The lowest BCUT2D eigenvalue weighted by Crippen LogP contribution is -2.49. The minimum atomic E-state index is 0.594. The van der Waals surface area contributed by atoms with Crippen molar-refractivity contribution in [2.75, 3.05) is 20.8 Å². The first-order valence-electron chi connectivity index (χ1n) is 13.4. The summed E-state index contributed by atoms with van der Waals surface area (Å²) >= 11 is 0. The summed E-state index contributed by atoms with van der Waals surface area (Å²) in [6, 6.07) is 23.0. The van der Waals surface area contributed by atoms with E-state index in [0.29, 0.717) is 34.4 Å². The molecule has 0 amide bonds. The number of nitrogens with zero attached hydrogens (tertiary/aromatic N) is 9. The van der Waals surface area contributed by atoms with Gasteiger partial charge in [0.2, 0.25) is 0 Å². The summed E-state index contributed by atoms with van der Waals surface area (Å²) < 4.78 is 15.3. The van der Waals surface area contributed by atoms with Crippen LogP contribution in [0.4, 0.5) is 0 Å². The average molecular weight is 559 g/mol. The Kier molecular flexibility index (Phi) is 7.09. The van der Waals surface area contributed by atoms with Gasteiger partial charge in [0.1, 0.15) is 31.0 Å². The fraction of sp³-hybridized carbons (Fsp3) is 0.226. The topological polar surface area (TPSA) is 127 Å². The van der Waals surface area contributed by atoms with E-state index in [2.05, 4.69) is 44.9 Å². The molecule has 6 rings (SSSR count). The smallest absolute Gasteiger partial charge is 0.161 e. The fourth-order valence-corrected chi connectivity index (χ4v) is 5.53. The van der Waals surface area contributed by atoms with Crippen molar-refractivity contribution in [2.45, 2.75) is 26.1 Å². The van der Waals surface area contributed by atoms with Gasteiger partial charge in [-0.15, -0.1) is 10.2 Å². The van der Waals surface area contributed by atoms with Gasteiger partial charge in [-0.3, -0.25) is 0 Å². The van der Waals surface area contributed by atoms with Crippen LogP contribution in [0, 0.1) is 22.7 Å². The molecule has 0 aliphatic carbocycles. The third-order valence-corrected chi connectivity index (χ3v) is 7.67. The molecule has 42 heavy (non-hydrogen) atoms. The van der Waals surface area contributed by atoms with Crippen molar-refractivity contribution in [1.29, 1.82) is 10.5 Å². The summed E-state index contributed by atoms with van der Waals surface area (Å²) in [6.45, 7) is 2.86. The maximum Gasteiger partial charge on any atom is 0.161 e. The Morgan fingerprint density at radius 2 is 1.21 bits per heavy atom. The van der Waals surface area contributed by atoms with E-state index in [1.165, 1.54) is 11.1 Å². The zero-order chi connectivity index (χ0) is 29.1. The van der Waals surface area contributed by atoms with Crippen molar-refractivity contribution in [1.82, 2.24) is 30.0 Å². The van der Waals surface area contributed by atoms with Crippen LogP contribution in [0.5, 0.6) is 11.5 Å². The van der Waals surface area contributed by atoms with Crippen LogP contribution in [0.2, 0.25) is 0 Å². The van der Waals surface area contributed by atoms with Gasteiger partial charge in [-0.1, -0.05) is 10.4 Å². The monoisotopic (exact) mass is 558 g/mol. The number of rotatable bonds is 8. The van der Waals surface area contributed by atoms with Crippen molar-refractivity contribution in [3.8, 4) is 35.0 Å². The number of nitriles is 2. The van der Waals surface area contributed by atoms with E-state index >= 15 is 0 Å². The van der Waals surface area contributed by atoms with Crippen molar-refractivity contribution in [2.24, 2.45) is 0 Å². The predicted octanol–water partition coefficient (Wildman–Crippen LogP) is 3.88. The Balaban J connectivity index is 1.32. The molecule has 1 aliphatic heterocycles. The second-order valence-electron chi connectivity index (χ2n) is 10.4. The quantitative estimate of drug-likeness (QED) is 0.263. The molecule has 0 unspecified atom stereocenters. The molecule has 11 nitrogen and oxygen atoms in total. The molecular weight excluding hydrogens is 530 g/mol. The van der Waals surface area contributed by atoms with Crippen molar-refractivity contribution in [3.63, 3.8) is 0 Å². The highest BCUT2D eigenvalue weighted by Gasteiger charge is 2.36. The molecule has 5 aromatic rings. The van der Waals surface area contributed by atoms with Crippen LogP contribution in [-0.4, -0.2) is 55.2 Å². The van der Waals surface area contributed by atoms with E-state index in [1.54, 1.807) is 47.8 Å². The van der Waals surface area contributed by atoms with Gasteiger partial charge in [-0.05, 0) is 66.2 Å². The second-order valence-corrected chi connectivity index (χ2v) is 10.4. The standard InChI is InChI=1S/C31H28N9O2/c1-41-30-13-24-11-12-40(19-25(24)14-31(30)42-2,20-26-17-38(36-34-26)28-7-3-22(15-32)4-8-28)21-27-18-39(37-35-27)29-9-5-23(16-33)6-10-29/h3-10,13-14,17-18H,11-12,19-21H2,1-2H3/q+1. The normalized spacial score (nSPS) is 13.5. The summed E-state index contributed by atoms with van der Waals surface area (Å²) in [4.78, 5) is 0. The van der Waals surface area contributed by atoms with Crippen LogP contribution >= 0.6 is 0 Å². The van der Waals surface area contributed by atoms with Gasteiger partial charge in [-0.25, -0.2) is 9.36 Å². The highest BCUT2D eigenvalue weighted by molar-refractivity contribution is 5.48. The molecule has 2 aromatic heterocycles. The number of hydrogen-bond donors (Lipinski definition) is 0. The first-order valence-corrected chi connectivity index (χ1v) is 13.4. The summed E-state index contributed by atoms with van der Waals surface area (Å²) in [7, 11) is 3.31. The Labute approximate surface area is 243 Å². The number of hydrogen-bond acceptors (Lipinski definition) is 8. The lowest BCUT2D eigenvalue weighted by molar-refractivity contribution is -0.968. The highest BCUT2D eigenvalue weighted by Crippen LogP contribution is 2.37. The highest BCUT2D eigenvalue weighted by atomic mass is 16.5. The number of aromatic nitrogens is 6. The van der Waals surface area contributed by atoms with E-state index in [9.17, 15) is 0 Å². The van der Waals surface area contributed by atoms with Gasteiger partial charge >= 0.3 is 0 Å². The molecule has 0 spiro atoms. The predicted molar refractivity (Wildman–Crippen MR) is 152 cm³/mol. The number of quaternary nitrogens is 1. The molecule has 0 atom stereocenters. The molecular formula is C31H28N9O2+. The summed E-state index contributed by atoms with van der Waals surface area (Å²) in [5.74, 6) is 1.43. The molecule has 11 heteroatoms. The largest absolute Gasteiger partial charge is 0.493 e. The van der Waals surface area contributed by atoms with Crippen molar-refractivity contribution in [3.05, 3.63) is 107 Å². The minimum Gasteiger partial charge on any atom is -0.493 e. The van der Waals surface area contributed by atoms with Crippen LogP contribution < -0.4 is 9.47 Å². The lowest BCUT2D eigenvalue weighted by atomic mass is 9.96. The molecule has 0 N–H and O–H groups in total. The summed E-state index contributed by atoms with van der Waals surface area (Å²) in [5.41, 5.74) is 7.00. The summed E-state index contributed by atoms with van der Waals surface area (Å²) in [5, 5.41) is 36.1. The third-order valence-electron chi connectivity index (χ3n) is 7.67. The average Bonchev–Trinajstić information content (AvgIpc) is 3.70. The number of benzene rings is 3. The van der Waals surface area contributed by atoms with E-state index in [-0.39, 0.29) is 0 Å². The third kappa shape index (κ3) is 5.29. The van der Waals surface area contributed by atoms with Gasteiger partial charge in [0.25, 0.3) is 0 Å². The molecule has 0 radical (unpaired) electrons. The Morgan fingerprint density at radius 1 is 0.738 bits per heavy atom. The number of methoxy groups -OCH3 is 2. The van der Waals surface area contributed by atoms with Gasteiger partial charge in [0.15, 0.2) is 11.5 Å². The Hall–Kier alpha value is -5.52. The van der Waals surface area contributed by atoms with Crippen LogP contribution in [0.15, 0.2) is 73.1 Å². The maximum absolute atomic E-state index is 9.13. The lowest BCUT2D eigenvalue weighted by Gasteiger charge is -2.41. The van der Waals surface area contributed by atoms with E-state index in [0.717, 1.165) is 48.0 Å². The van der Waals surface area contributed by atoms with Gasteiger partial charge in [0.05, 0.1) is 67.8 Å². The molecule has 208 valence electrons. The van der Waals surface area contributed by atoms with Crippen molar-refractivity contribution >= 4 is 0 Å². The van der Waals surface area contributed by atoms with Crippen molar-refractivity contribution < 1.29 is 14.0 Å². The van der Waals surface area contributed by atoms with Crippen LogP contribution in [-0.2, 0) is 26.1 Å². The molecule has 3 aromatic carbocycles. The van der Waals surface area contributed by atoms with E-state index in [1.807, 2.05) is 36.7 Å². The first kappa shape index (κ1) is 26.7. The minimum absolute atomic E-state index is 0.594. The molecule has 0 saturated heterocycles. The number of fused-ring (bicyclic) bond motifs is 1. The Bertz CT molecular complexity index is 1710. The molecule has 0 fully saturated rings.